The van der Waals surface area contributed by atoms with Crippen LogP contribution >= 0.6 is 0 Å². The first-order valence-corrected chi connectivity index (χ1v) is 15.9. The van der Waals surface area contributed by atoms with Crippen LogP contribution in [0.4, 0.5) is 0 Å². The zero-order chi connectivity index (χ0) is 31.6. The van der Waals surface area contributed by atoms with Crippen molar-refractivity contribution in [3.63, 3.8) is 0 Å². The third kappa shape index (κ3) is 4.94. The molecule has 2 N–H and O–H groups in total. The lowest BCUT2D eigenvalue weighted by Gasteiger charge is -2.30. The van der Waals surface area contributed by atoms with E-state index in [4.69, 9.17) is 4.99 Å². The van der Waals surface area contributed by atoms with Gasteiger partial charge in [0.1, 0.15) is 0 Å². The summed E-state index contributed by atoms with van der Waals surface area (Å²) >= 11 is 0. The second-order valence-corrected chi connectivity index (χ2v) is 11.7. The molecule has 2 heterocycles. The Morgan fingerprint density at radius 1 is 0.404 bits per heavy atom. The second kappa shape index (κ2) is 12.1. The molecule has 0 spiro atoms. The van der Waals surface area contributed by atoms with Gasteiger partial charge in [-0.15, -0.1) is 0 Å². The third-order valence-electron chi connectivity index (χ3n) is 8.87. The number of aliphatic imine (C=N–C) groups is 1. The minimum Gasteiger partial charge on any atom is -0.373 e. The summed E-state index contributed by atoms with van der Waals surface area (Å²) < 4.78 is 0. The summed E-state index contributed by atoms with van der Waals surface area (Å²) in [6.45, 7) is 0. The molecular weight excluding hydrogens is 572 g/mol. The van der Waals surface area contributed by atoms with Gasteiger partial charge in [-0.1, -0.05) is 182 Å². The van der Waals surface area contributed by atoms with E-state index in [0.717, 1.165) is 61.5 Å². The summed E-state index contributed by atoms with van der Waals surface area (Å²) in [7, 11) is 0. The number of hydrogen-bond acceptors (Lipinski definition) is 2. The zero-order valence-electron chi connectivity index (χ0n) is 25.7. The normalized spacial score (nSPS) is 15.9. The van der Waals surface area contributed by atoms with Crippen LogP contribution in [-0.2, 0) is 5.60 Å². The van der Waals surface area contributed by atoms with E-state index >= 15 is 0 Å². The van der Waals surface area contributed by atoms with E-state index in [1.807, 2.05) is 84.9 Å². The standard InChI is InChI=1S/C44H32N2O/c47-44(39(33-23-11-3-12-24-33)41(35-27-15-5-16-28-35)46-42(44)36-29-17-6-18-30-36)43-38(32-21-9-2-10-22-32)37(31-19-7-1-8-20-31)40(45-43)34-25-13-4-14-26-34/h1-30,45,47H. The SMILES string of the molecule is OC1(c2[nH]c(-c3ccccc3)c(-c3ccccc3)c2-c2ccccc2)C(c2ccccc2)=NC(c2ccccc2)=C1c1ccccc1. The van der Waals surface area contributed by atoms with Crippen LogP contribution in [0, 0.1) is 0 Å². The van der Waals surface area contributed by atoms with E-state index in [0.29, 0.717) is 11.4 Å². The van der Waals surface area contributed by atoms with Crippen molar-refractivity contribution in [2.45, 2.75) is 5.60 Å². The number of aliphatic hydroxyl groups is 1. The molecule has 0 saturated heterocycles. The molecule has 7 aromatic rings. The molecule has 1 aliphatic heterocycles. The van der Waals surface area contributed by atoms with Crippen molar-refractivity contribution in [2.75, 3.05) is 0 Å². The highest BCUT2D eigenvalue weighted by atomic mass is 16.3. The Bertz CT molecular complexity index is 2200. The van der Waals surface area contributed by atoms with Crippen LogP contribution in [0.1, 0.15) is 22.4 Å². The van der Waals surface area contributed by atoms with E-state index in [1.165, 1.54) is 0 Å². The molecule has 224 valence electrons. The van der Waals surface area contributed by atoms with Crippen LogP contribution in [-0.4, -0.2) is 15.8 Å². The summed E-state index contributed by atoms with van der Waals surface area (Å²) in [6, 6.07) is 61.6. The van der Waals surface area contributed by atoms with Crippen LogP contribution < -0.4 is 0 Å². The number of hydrogen-bond donors (Lipinski definition) is 2. The summed E-state index contributed by atoms with van der Waals surface area (Å²) in [5.41, 5.74) is 9.76. The molecule has 1 unspecified atom stereocenters. The summed E-state index contributed by atoms with van der Waals surface area (Å²) in [5.74, 6) is 0. The molecule has 0 radical (unpaired) electrons. The van der Waals surface area contributed by atoms with Crippen LogP contribution in [0.2, 0.25) is 0 Å². The maximum absolute atomic E-state index is 13.9. The molecule has 47 heavy (non-hydrogen) atoms. The first kappa shape index (κ1) is 28.4. The molecule has 1 aliphatic rings. The van der Waals surface area contributed by atoms with Crippen molar-refractivity contribution >= 4 is 17.0 Å². The molecule has 0 bridgehead atoms. The molecule has 6 aromatic carbocycles. The number of aromatic nitrogens is 1. The van der Waals surface area contributed by atoms with E-state index in [-0.39, 0.29) is 0 Å². The number of benzene rings is 6. The highest BCUT2D eigenvalue weighted by Crippen LogP contribution is 2.54. The van der Waals surface area contributed by atoms with Gasteiger partial charge < -0.3 is 10.1 Å². The van der Waals surface area contributed by atoms with E-state index in [1.54, 1.807) is 0 Å². The summed E-state index contributed by atoms with van der Waals surface area (Å²) in [4.78, 5) is 9.21. The van der Waals surface area contributed by atoms with Gasteiger partial charge in [-0.2, -0.15) is 0 Å². The minimum atomic E-state index is -1.66. The van der Waals surface area contributed by atoms with Crippen molar-refractivity contribution in [3.8, 4) is 33.5 Å². The molecule has 1 aromatic heterocycles. The monoisotopic (exact) mass is 604 g/mol. The topological polar surface area (TPSA) is 48.4 Å². The Morgan fingerprint density at radius 2 is 0.787 bits per heavy atom. The predicted octanol–water partition coefficient (Wildman–Crippen LogP) is 10.3. The Balaban J connectivity index is 1.54. The highest BCUT2D eigenvalue weighted by Gasteiger charge is 2.50. The smallest absolute Gasteiger partial charge is 0.176 e. The van der Waals surface area contributed by atoms with Crippen LogP contribution in [0.3, 0.4) is 0 Å². The van der Waals surface area contributed by atoms with Gasteiger partial charge in [0.25, 0.3) is 0 Å². The van der Waals surface area contributed by atoms with E-state index < -0.39 is 5.60 Å². The van der Waals surface area contributed by atoms with E-state index in [9.17, 15) is 5.11 Å². The Labute approximate surface area is 274 Å². The Hall–Kier alpha value is -6.03. The molecule has 0 fully saturated rings. The van der Waals surface area contributed by atoms with Crippen molar-refractivity contribution < 1.29 is 5.11 Å². The van der Waals surface area contributed by atoms with Gasteiger partial charge in [0.2, 0.25) is 0 Å². The molecule has 0 aliphatic carbocycles. The van der Waals surface area contributed by atoms with Gasteiger partial charge in [0, 0.05) is 22.3 Å². The zero-order valence-corrected chi connectivity index (χ0v) is 25.7. The number of aromatic amines is 1. The lowest BCUT2D eigenvalue weighted by atomic mass is 9.77. The average molecular weight is 605 g/mol. The van der Waals surface area contributed by atoms with Gasteiger partial charge in [-0.25, -0.2) is 4.99 Å². The maximum Gasteiger partial charge on any atom is 0.176 e. The van der Waals surface area contributed by atoms with Crippen molar-refractivity contribution in [1.29, 1.82) is 0 Å². The predicted molar refractivity (Wildman–Crippen MR) is 194 cm³/mol. The fourth-order valence-electron chi connectivity index (χ4n) is 6.79. The molecule has 3 heteroatoms. The summed E-state index contributed by atoms with van der Waals surface area (Å²) in [6.07, 6.45) is 0. The number of H-pyrrole nitrogens is 1. The average Bonchev–Trinajstić information content (AvgIpc) is 3.71. The molecule has 1 atom stereocenters. The maximum atomic E-state index is 13.9. The van der Waals surface area contributed by atoms with Gasteiger partial charge in [0.05, 0.1) is 22.8 Å². The molecular formula is C44H32N2O. The highest BCUT2D eigenvalue weighted by molar-refractivity contribution is 6.24. The fourth-order valence-corrected chi connectivity index (χ4v) is 6.79. The lowest BCUT2D eigenvalue weighted by molar-refractivity contribution is 0.175. The molecule has 3 nitrogen and oxygen atoms in total. The van der Waals surface area contributed by atoms with Crippen LogP contribution in [0.15, 0.2) is 187 Å². The molecule has 8 rings (SSSR count). The van der Waals surface area contributed by atoms with Crippen molar-refractivity contribution in [1.82, 2.24) is 4.98 Å². The quantitative estimate of drug-likeness (QED) is 0.187. The van der Waals surface area contributed by atoms with Gasteiger partial charge in [-0.3, -0.25) is 0 Å². The summed E-state index contributed by atoms with van der Waals surface area (Å²) in [5, 5.41) is 13.9. The number of nitrogens with one attached hydrogen (secondary N) is 1. The van der Waals surface area contributed by atoms with Gasteiger partial charge in [0.15, 0.2) is 5.60 Å². The van der Waals surface area contributed by atoms with Crippen LogP contribution in [0.25, 0.3) is 44.8 Å². The number of rotatable bonds is 7. The Kier molecular flexibility index (Phi) is 7.29. The second-order valence-electron chi connectivity index (χ2n) is 11.7. The first-order chi connectivity index (χ1) is 23.2. The van der Waals surface area contributed by atoms with Crippen molar-refractivity contribution in [2.24, 2.45) is 4.99 Å². The van der Waals surface area contributed by atoms with Crippen LogP contribution in [0.5, 0.6) is 0 Å². The minimum absolute atomic E-state index is 0.577. The first-order valence-electron chi connectivity index (χ1n) is 15.9. The Morgan fingerprint density at radius 3 is 1.28 bits per heavy atom. The van der Waals surface area contributed by atoms with Gasteiger partial charge in [-0.05, 0) is 27.8 Å². The molecule has 0 saturated carbocycles. The van der Waals surface area contributed by atoms with Gasteiger partial charge >= 0.3 is 0 Å². The number of nitrogens with zero attached hydrogens (tertiary/aromatic N) is 1. The largest absolute Gasteiger partial charge is 0.373 e. The fraction of sp³-hybridized carbons (Fsp3) is 0.0227. The van der Waals surface area contributed by atoms with E-state index in [2.05, 4.69) is 102 Å². The molecule has 0 amide bonds. The lowest BCUT2D eigenvalue weighted by Crippen LogP contribution is -2.36. The van der Waals surface area contributed by atoms with Crippen molar-refractivity contribution in [3.05, 3.63) is 204 Å². The third-order valence-corrected chi connectivity index (χ3v) is 8.87.